The molecule has 0 bridgehead atoms. The molecular formula is C34H54IN7O6Pb. The average molecular weight is 991 g/mol. The van der Waals surface area contributed by atoms with Crippen LogP contribution in [0.1, 0.15) is 76.3 Å². The van der Waals surface area contributed by atoms with E-state index < -0.39 is 37.4 Å². The minimum absolute atomic E-state index is 0.0310. The van der Waals surface area contributed by atoms with Crippen molar-refractivity contribution in [3.05, 3.63) is 35.1 Å². The monoisotopic (exact) mass is 991 g/mol. The van der Waals surface area contributed by atoms with Gasteiger partial charge in [0.2, 0.25) is 0 Å². The van der Waals surface area contributed by atoms with E-state index in [-0.39, 0.29) is 42.6 Å². The van der Waals surface area contributed by atoms with Crippen molar-refractivity contribution in [3.8, 4) is 11.5 Å². The Morgan fingerprint density at radius 1 is 1.29 bits per heavy atom. The van der Waals surface area contributed by atoms with Crippen LogP contribution in [0, 0.1) is 0 Å². The number of rotatable bonds is 13. The van der Waals surface area contributed by atoms with E-state index in [1.165, 1.54) is 7.11 Å². The molecule has 15 heteroatoms. The first-order chi connectivity index (χ1) is 23.5. The van der Waals surface area contributed by atoms with Gasteiger partial charge in [-0.3, -0.25) is 0 Å². The van der Waals surface area contributed by atoms with Gasteiger partial charge >= 0.3 is 142 Å². The van der Waals surface area contributed by atoms with Gasteiger partial charge in [-0.15, -0.1) is 0 Å². The zero-order valence-corrected chi connectivity index (χ0v) is 35.5. The van der Waals surface area contributed by atoms with Crippen LogP contribution in [0.3, 0.4) is 0 Å². The van der Waals surface area contributed by atoms with Gasteiger partial charge in [0.25, 0.3) is 0 Å². The summed E-state index contributed by atoms with van der Waals surface area (Å²) in [5.41, 5.74) is 5.31. The van der Waals surface area contributed by atoms with E-state index in [9.17, 15) is 19.8 Å². The van der Waals surface area contributed by atoms with Crippen molar-refractivity contribution in [2.24, 2.45) is 10.7 Å². The number of aromatic hydroxyl groups is 1. The Morgan fingerprint density at radius 3 is 2.76 bits per heavy atom. The number of aliphatic imine (C=N–C) groups is 1. The number of ether oxygens (including phenoxy) is 2. The van der Waals surface area contributed by atoms with Gasteiger partial charge in [0.1, 0.15) is 5.76 Å². The van der Waals surface area contributed by atoms with Gasteiger partial charge in [-0.1, -0.05) is 13.0 Å². The van der Waals surface area contributed by atoms with Crippen molar-refractivity contribution < 1.29 is 29.3 Å². The molecule has 0 spiro atoms. The molecule has 2 radical (unpaired) electrons. The number of aliphatic hydroxyl groups is 1. The summed E-state index contributed by atoms with van der Waals surface area (Å²) in [6.45, 7) is 6.16. The van der Waals surface area contributed by atoms with E-state index >= 15 is 0 Å². The van der Waals surface area contributed by atoms with Crippen LogP contribution in [0.25, 0.3) is 0 Å². The van der Waals surface area contributed by atoms with Gasteiger partial charge in [0, 0.05) is 36.4 Å². The normalized spacial score (nSPS) is 26.7. The van der Waals surface area contributed by atoms with Crippen molar-refractivity contribution >= 4 is 56.0 Å². The van der Waals surface area contributed by atoms with E-state index in [0.29, 0.717) is 74.9 Å². The molecule has 7 N–H and O–H groups in total. The minimum atomic E-state index is -1.22. The molecule has 2 saturated heterocycles. The summed E-state index contributed by atoms with van der Waals surface area (Å²) in [6.07, 6.45) is 7.01. The molecule has 0 aromatic heterocycles. The molecular weight excluding hydrogens is 937 g/mol. The molecule has 3 aliphatic rings. The molecule has 49 heavy (non-hydrogen) atoms. The zero-order valence-electron chi connectivity index (χ0n) is 29.5. The molecule has 1 aromatic carbocycles. The van der Waals surface area contributed by atoms with Crippen molar-refractivity contribution in [2.45, 2.75) is 101 Å². The Hall–Kier alpha value is -1.90. The van der Waals surface area contributed by atoms with Crippen molar-refractivity contribution in [3.63, 3.8) is 0 Å². The van der Waals surface area contributed by atoms with E-state index in [1.54, 1.807) is 18.0 Å². The fraction of sp³-hybridized carbons (Fsp3) is 0.676. The van der Waals surface area contributed by atoms with Gasteiger partial charge in [0.05, 0.1) is 12.7 Å². The Morgan fingerprint density at radius 2 is 2.06 bits per heavy atom. The van der Waals surface area contributed by atoms with Gasteiger partial charge in [-0.25, -0.2) is 4.79 Å². The Balaban J connectivity index is 1.49. The maximum Gasteiger partial charge on any atom is 0.0182 e. The van der Waals surface area contributed by atoms with Crippen LogP contribution in [0.5, 0.6) is 11.5 Å². The summed E-state index contributed by atoms with van der Waals surface area (Å²) in [6, 6.07) is 2.92. The van der Waals surface area contributed by atoms with Gasteiger partial charge < -0.3 is 24.6 Å². The number of amides is 2. The van der Waals surface area contributed by atoms with Gasteiger partial charge in [-0.05, 0) is 63.9 Å². The summed E-state index contributed by atoms with van der Waals surface area (Å²) in [7, 11) is 5.30. The van der Waals surface area contributed by atoms with E-state index in [0.717, 1.165) is 24.8 Å². The van der Waals surface area contributed by atoms with E-state index in [4.69, 9.17) is 15.2 Å². The maximum absolute atomic E-state index is 13.8. The second-order valence-electron chi connectivity index (χ2n) is 13.4. The number of carbonyl (C=O) groups excluding carboxylic acids is 2. The van der Waals surface area contributed by atoms with E-state index in [2.05, 4.69) is 41.4 Å². The summed E-state index contributed by atoms with van der Waals surface area (Å²) < 4.78 is 14.8. The number of likely N-dealkylation sites (tertiary alicyclic amines) is 2. The molecule has 0 saturated carbocycles. The number of aryl methyl sites for hydroxylation is 1. The number of methoxy groups -OCH3 is 1. The van der Waals surface area contributed by atoms with Crippen LogP contribution in [0.4, 0.5) is 4.79 Å². The molecule has 5 unspecified atom stereocenters. The molecule has 2 fully saturated rings. The van der Waals surface area contributed by atoms with Crippen LogP contribution >= 0.6 is 17.8 Å². The molecule has 5 atom stereocenters. The summed E-state index contributed by atoms with van der Waals surface area (Å²) >= 11 is 1.46. The number of fused-ring (bicyclic) bond motifs is 1. The molecule has 2 aliphatic heterocycles. The number of benzene rings is 1. The summed E-state index contributed by atoms with van der Waals surface area (Å²) in [5.74, 6) is 1.23. The number of carbonyl (C=O) groups is 2. The first-order valence-electron chi connectivity index (χ1n) is 17.3. The average Bonchev–Trinajstić information content (AvgIpc) is 3.10. The molecule has 272 valence electrons. The topological polar surface area (TPSA) is 174 Å². The van der Waals surface area contributed by atoms with Crippen molar-refractivity contribution in [1.82, 2.24) is 23.6 Å². The zero-order chi connectivity index (χ0) is 35.8. The van der Waals surface area contributed by atoms with Crippen LogP contribution in [0.15, 0.2) is 29.0 Å². The smallest absolute Gasteiger partial charge is 0.0182 e. The minimum Gasteiger partial charge on any atom is 0.0182 e. The fourth-order valence-corrected chi connectivity index (χ4v) is 11.0. The number of likely N-dealkylation sites (N-methyl/N-ethyl adjacent to an activating group) is 2. The molecule has 2 heterocycles. The van der Waals surface area contributed by atoms with Crippen molar-refractivity contribution in [1.29, 1.82) is 0 Å². The summed E-state index contributed by atoms with van der Waals surface area (Å²) in [4.78, 5) is 35.2. The third-order valence-corrected chi connectivity index (χ3v) is 14.6. The number of phenols is 1. The Bertz CT molecular complexity index is 1380. The van der Waals surface area contributed by atoms with Crippen LogP contribution < -0.4 is 24.2 Å². The predicted octanol–water partition coefficient (Wildman–Crippen LogP) is 2.68. The molecule has 4 rings (SSSR count). The third-order valence-electron chi connectivity index (χ3n) is 10.9. The first kappa shape index (κ1) is 39.9. The number of piperidine rings is 2. The van der Waals surface area contributed by atoms with Crippen molar-refractivity contribution in [2.75, 3.05) is 47.4 Å². The van der Waals surface area contributed by atoms with Gasteiger partial charge in [-0.2, -0.15) is 0 Å². The summed E-state index contributed by atoms with van der Waals surface area (Å²) in [5, 5.41) is 30.3. The number of nitrogens with one attached hydrogen (secondary N) is 3. The maximum atomic E-state index is 13.8. The van der Waals surface area contributed by atoms with Gasteiger partial charge in [0.15, 0.2) is 11.5 Å². The number of guanidine groups is 1. The number of nitrogens with zero attached hydrogens (tertiary/aromatic N) is 3. The van der Waals surface area contributed by atoms with Crippen LogP contribution in [-0.4, -0.2) is 129 Å². The first-order valence-corrected chi connectivity index (χ1v) is 30.2. The van der Waals surface area contributed by atoms with Crippen LogP contribution in [-0.2, 0) is 21.4 Å². The third kappa shape index (κ3) is 8.77. The second kappa shape index (κ2) is 18.0. The molecule has 2 amide bonds. The largest absolute Gasteiger partial charge is 0.0182 e. The number of halogens is 1. The fourth-order valence-electron chi connectivity index (χ4n) is 7.86. The van der Waals surface area contributed by atoms with Crippen LogP contribution in [0.2, 0.25) is 0 Å². The number of hydrogen-bond donors (Lipinski definition) is 6. The predicted molar refractivity (Wildman–Crippen MR) is 200 cm³/mol. The number of hydrogen-bond acceptors (Lipinski definition) is 9. The number of phenolic OH excluding ortho intramolecular Hbond substituents is 1. The SMILES string of the molecule is CCc1ccc(OC)c(O)c1C12CCN(C)C(C)C1(O)CC=C(OC(=O)N1CCCCC1CNC(=O)C(CCCN=C(N)[NH][Pb][I])NC)C2. The Labute approximate surface area is 312 Å². The quantitative estimate of drug-likeness (QED) is 0.0568. The molecule has 1 aliphatic carbocycles. The molecule has 13 nitrogen and oxygen atoms in total. The Kier molecular flexibility index (Phi) is 14.7. The second-order valence-corrected chi connectivity index (χ2v) is 19.8. The standard InChI is InChI=1S/C34H55N7O6.HI.Pb/c1-6-23-12-13-27(46-5)29(42)28(23)33-16-19-40(4)22(2)34(33,45)15-14-25(20-33)47-32(44)41-18-8-7-10-24(41)21-39-30(43)26(37-3)11-9-17-38-31(35)36;;/h12-14,22,24,26,37,45H,6-11,15-21H2,1-5H3,(H6,35,36,38,39,42,43);1H;/q;;+2/p-2. The molecule has 1 aromatic rings. The number of allylic oxidation sites excluding steroid dienone is 1. The number of nitrogens with two attached hydrogens (primary N) is 1. The van der Waals surface area contributed by atoms with E-state index in [1.807, 2.05) is 33.0 Å².